The number of pyridine rings is 2. The topological polar surface area (TPSA) is 99.0 Å². The van der Waals surface area contributed by atoms with E-state index in [-0.39, 0.29) is 17.3 Å². The van der Waals surface area contributed by atoms with E-state index in [1.165, 1.54) is 16.9 Å². The lowest BCUT2D eigenvalue weighted by Gasteiger charge is -2.35. The maximum Gasteiger partial charge on any atom is 0.417 e. The van der Waals surface area contributed by atoms with Crippen LogP contribution in [0.4, 0.5) is 18.9 Å². The largest absolute Gasteiger partial charge is 0.596 e. The predicted octanol–water partition coefficient (Wildman–Crippen LogP) is 5.06. The average Bonchev–Trinajstić information content (AvgIpc) is 3.24. The van der Waals surface area contributed by atoms with Crippen molar-refractivity contribution in [2.24, 2.45) is 0 Å². The van der Waals surface area contributed by atoms with Gasteiger partial charge >= 0.3 is 6.18 Å². The Hall–Kier alpha value is -2.67. The smallest absolute Gasteiger partial charge is 0.417 e. The van der Waals surface area contributed by atoms with Gasteiger partial charge in [0.05, 0.1) is 46.3 Å². The summed E-state index contributed by atoms with van der Waals surface area (Å²) < 4.78 is 53.2. The van der Waals surface area contributed by atoms with Gasteiger partial charge in [0.2, 0.25) is 4.21 Å². The maximum atomic E-state index is 12.8. The van der Waals surface area contributed by atoms with Crippen LogP contribution in [0.1, 0.15) is 59.9 Å². The Kier molecular flexibility index (Phi) is 7.84. The second-order valence-corrected chi connectivity index (χ2v) is 12.4. The van der Waals surface area contributed by atoms with E-state index in [0.29, 0.717) is 24.5 Å². The summed E-state index contributed by atoms with van der Waals surface area (Å²) >= 11 is 4.94. The number of hydrogen-bond donors (Lipinski definition) is 1. The zero-order valence-electron chi connectivity index (χ0n) is 20.4. The van der Waals surface area contributed by atoms with Crippen LogP contribution in [-0.2, 0) is 17.5 Å². The third-order valence-electron chi connectivity index (χ3n) is 6.11. The molecule has 0 radical (unpaired) electrons. The van der Waals surface area contributed by atoms with Gasteiger partial charge in [-0.25, -0.2) is 9.67 Å². The number of amides is 1. The van der Waals surface area contributed by atoms with E-state index in [2.05, 4.69) is 20.4 Å². The minimum absolute atomic E-state index is 0.167. The first kappa shape index (κ1) is 27.4. The monoisotopic (exact) mass is 554 g/mol. The quantitative estimate of drug-likeness (QED) is 0.338. The van der Waals surface area contributed by atoms with Crippen molar-refractivity contribution >= 4 is 34.6 Å². The van der Waals surface area contributed by atoms with Gasteiger partial charge in [-0.1, -0.05) is 11.6 Å². The predicted molar refractivity (Wildman–Crippen MR) is 135 cm³/mol. The van der Waals surface area contributed by atoms with Gasteiger partial charge < -0.3 is 9.87 Å². The van der Waals surface area contributed by atoms with Crippen LogP contribution in [0.2, 0.25) is 0 Å². The number of carbonyl (C=O) groups excluding carboxylic acids is 1. The number of aromatic nitrogens is 4. The number of nitrogens with one attached hydrogen (secondary N) is 1. The van der Waals surface area contributed by atoms with Gasteiger partial charge in [0.25, 0.3) is 5.91 Å². The normalized spacial score (nSPS) is 16.5. The molecule has 1 N–H and O–H groups in total. The van der Waals surface area contributed by atoms with Crippen molar-refractivity contribution in [3.05, 3.63) is 65.4 Å². The van der Waals surface area contributed by atoms with E-state index in [0.717, 1.165) is 30.8 Å². The summed E-state index contributed by atoms with van der Waals surface area (Å²) in [6, 6.07) is 5.74. The molecule has 3 aromatic heterocycles. The molecule has 1 fully saturated rings. The summed E-state index contributed by atoms with van der Waals surface area (Å²) in [7, 11) is 0. The van der Waals surface area contributed by atoms with Gasteiger partial charge in [-0.05, 0) is 44.0 Å². The standard InChI is InChI=1S/C24H26ClF3N6O2S/c1-15-19(14-31-34(15)21-7-4-17(12-30-21)24(26,27)28)22(35)32-18-5-6-20(29-13-18)16-8-10-33(11-9-16)37(36)23(2,3)25/h4-7,12-14,16H,8-11H2,1-3H3,(H,32,35). The highest BCUT2D eigenvalue weighted by molar-refractivity contribution is 7.91. The average molecular weight is 555 g/mol. The second kappa shape index (κ2) is 10.6. The number of carbonyl (C=O) groups is 1. The van der Waals surface area contributed by atoms with Crippen molar-refractivity contribution in [3.8, 4) is 5.82 Å². The van der Waals surface area contributed by atoms with Gasteiger partial charge in [0.15, 0.2) is 5.82 Å². The first-order valence-electron chi connectivity index (χ1n) is 11.6. The van der Waals surface area contributed by atoms with E-state index in [4.69, 9.17) is 11.6 Å². The Balaban J connectivity index is 1.38. The van der Waals surface area contributed by atoms with Crippen LogP contribution < -0.4 is 5.32 Å². The first-order chi connectivity index (χ1) is 17.3. The molecule has 1 aliphatic heterocycles. The zero-order valence-corrected chi connectivity index (χ0v) is 22.0. The summed E-state index contributed by atoms with van der Waals surface area (Å²) in [4.78, 5) is 21.2. The summed E-state index contributed by atoms with van der Waals surface area (Å²) in [6.07, 6.45) is 0.758. The summed E-state index contributed by atoms with van der Waals surface area (Å²) in [5, 5.41) is 6.89. The summed E-state index contributed by atoms with van der Waals surface area (Å²) in [6.45, 7) is 6.43. The van der Waals surface area contributed by atoms with Crippen molar-refractivity contribution < 1.29 is 22.5 Å². The molecule has 4 rings (SSSR count). The molecule has 37 heavy (non-hydrogen) atoms. The highest BCUT2D eigenvalue weighted by atomic mass is 35.5. The molecule has 198 valence electrons. The van der Waals surface area contributed by atoms with E-state index < -0.39 is 33.2 Å². The maximum absolute atomic E-state index is 12.8. The van der Waals surface area contributed by atoms with Crippen LogP contribution >= 0.6 is 11.6 Å². The molecule has 1 aliphatic rings. The van der Waals surface area contributed by atoms with Crippen LogP contribution in [0, 0.1) is 6.92 Å². The fourth-order valence-corrected chi connectivity index (χ4v) is 5.54. The number of hydrogen-bond acceptors (Lipinski definition) is 6. The van der Waals surface area contributed by atoms with Crippen LogP contribution in [0.15, 0.2) is 42.9 Å². The van der Waals surface area contributed by atoms with Crippen LogP contribution in [0.5, 0.6) is 0 Å². The number of anilines is 1. The van der Waals surface area contributed by atoms with Crippen LogP contribution in [0.3, 0.4) is 0 Å². The number of halogens is 4. The molecular weight excluding hydrogens is 529 g/mol. The molecule has 1 unspecified atom stereocenters. The Morgan fingerprint density at radius 2 is 1.81 bits per heavy atom. The van der Waals surface area contributed by atoms with Crippen molar-refractivity contribution in [1.29, 1.82) is 0 Å². The highest BCUT2D eigenvalue weighted by Gasteiger charge is 2.38. The zero-order chi connectivity index (χ0) is 27.0. The third-order valence-corrected chi connectivity index (χ3v) is 8.17. The molecule has 3 aromatic rings. The van der Waals surface area contributed by atoms with Gasteiger partial charge in [-0.2, -0.15) is 18.3 Å². The molecule has 13 heteroatoms. The lowest BCUT2D eigenvalue weighted by Crippen LogP contribution is -2.45. The van der Waals surface area contributed by atoms with Crippen LogP contribution in [-0.4, -0.2) is 51.8 Å². The molecule has 1 amide bonds. The van der Waals surface area contributed by atoms with Crippen molar-refractivity contribution in [2.45, 2.75) is 49.9 Å². The molecule has 0 aromatic carbocycles. The van der Waals surface area contributed by atoms with E-state index >= 15 is 0 Å². The Bertz CT molecular complexity index is 1240. The number of rotatable bonds is 6. The fourth-order valence-electron chi connectivity index (χ4n) is 4.09. The third kappa shape index (κ3) is 6.25. The summed E-state index contributed by atoms with van der Waals surface area (Å²) in [5.41, 5.74) is 1.21. The number of nitrogens with zero attached hydrogens (tertiary/aromatic N) is 5. The molecule has 8 nitrogen and oxygen atoms in total. The van der Waals surface area contributed by atoms with Crippen molar-refractivity contribution in [1.82, 2.24) is 24.1 Å². The second-order valence-electron chi connectivity index (χ2n) is 9.20. The lowest BCUT2D eigenvalue weighted by atomic mass is 9.94. The van der Waals surface area contributed by atoms with E-state index in [1.54, 1.807) is 33.0 Å². The molecule has 0 saturated carbocycles. The van der Waals surface area contributed by atoms with Gasteiger partial charge in [0, 0.05) is 44.7 Å². The molecule has 4 heterocycles. The fraction of sp³-hybridized carbons (Fsp3) is 0.417. The Labute approximate surface area is 220 Å². The molecular formula is C24H26ClF3N6O2S. The lowest BCUT2D eigenvalue weighted by molar-refractivity contribution is -0.137. The molecule has 0 bridgehead atoms. The van der Waals surface area contributed by atoms with Crippen LogP contribution in [0.25, 0.3) is 5.82 Å². The molecule has 1 saturated heterocycles. The Morgan fingerprint density at radius 3 is 2.35 bits per heavy atom. The molecule has 0 spiro atoms. The number of piperidine rings is 1. The minimum Gasteiger partial charge on any atom is -0.596 e. The van der Waals surface area contributed by atoms with Gasteiger partial charge in [0.1, 0.15) is 0 Å². The number of alkyl halides is 4. The summed E-state index contributed by atoms with van der Waals surface area (Å²) in [5.74, 6) is -0.0436. The minimum atomic E-state index is -4.49. The van der Waals surface area contributed by atoms with Gasteiger partial charge in [-0.15, -0.1) is 4.31 Å². The van der Waals surface area contributed by atoms with Crippen molar-refractivity contribution in [2.75, 3.05) is 18.4 Å². The highest BCUT2D eigenvalue weighted by Crippen LogP contribution is 2.33. The Morgan fingerprint density at radius 1 is 1.11 bits per heavy atom. The first-order valence-corrected chi connectivity index (χ1v) is 13.0. The van der Waals surface area contributed by atoms with Gasteiger partial charge in [-0.3, -0.25) is 9.78 Å². The SMILES string of the molecule is Cc1c(C(=O)Nc2ccc(C3CCN([S+]([O-])C(C)(C)Cl)CC3)nc2)cnn1-c1ccc(C(F)(F)F)cn1. The molecule has 1 atom stereocenters. The molecule has 0 aliphatic carbocycles. The van der Waals surface area contributed by atoms with E-state index in [9.17, 15) is 22.5 Å². The van der Waals surface area contributed by atoms with Crippen molar-refractivity contribution in [3.63, 3.8) is 0 Å². The van der Waals surface area contributed by atoms with E-state index in [1.807, 2.05) is 10.4 Å².